The highest BCUT2D eigenvalue weighted by Gasteiger charge is 2.22. The van der Waals surface area contributed by atoms with Crippen molar-refractivity contribution in [3.05, 3.63) is 30.4 Å². The fourth-order valence-electron chi connectivity index (χ4n) is 2.12. The van der Waals surface area contributed by atoms with Crippen LogP contribution in [0.25, 0.3) is 5.52 Å². The predicted molar refractivity (Wildman–Crippen MR) is 61.9 cm³/mol. The third-order valence-electron chi connectivity index (χ3n) is 3.34. The van der Waals surface area contributed by atoms with Crippen molar-refractivity contribution in [3.8, 4) is 0 Å². The second-order valence-electron chi connectivity index (χ2n) is 4.63. The van der Waals surface area contributed by atoms with E-state index < -0.39 is 0 Å². The van der Waals surface area contributed by atoms with Gasteiger partial charge in [-0.1, -0.05) is 12.8 Å². The number of aromatic nitrogens is 3. The molecule has 1 fully saturated rings. The number of hydrogen-bond donors (Lipinski definition) is 1. The summed E-state index contributed by atoms with van der Waals surface area (Å²) in [5, 5.41) is 4.28. The summed E-state index contributed by atoms with van der Waals surface area (Å²) in [6.45, 7) is 0. The summed E-state index contributed by atoms with van der Waals surface area (Å²) in [6.07, 6.45) is 12.4. The highest BCUT2D eigenvalue weighted by Crippen LogP contribution is 2.35. The minimum atomic E-state index is 0.0994. The van der Waals surface area contributed by atoms with Gasteiger partial charge in [-0.2, -0.15) is 5.10 Å². The van der Waals surface area contributed by atoms with Crippen LogP contribution >= 0.6 is 0 Å². The molecular formula is C12H16N4. The number of fused-ring (bicyclic) bond motifs is 1. The van der Waals surface area contributed by atoms with Crippen LogP contribution in [0.15, 0.2) is 24.8 Å². The number of hydrogen-bond acceptors (Lipinski definition) is 3. The molecule has 0 saturated heterocycles. The van der Waals surface area contributed by atoms with E-state index in [0.29, 0.717) is 0 Å². The van der Waals surface area contributed by atoms with Crippen LogP contribution in [0.2, 0.25) is 0 Å². The van der Waals surface area contributed by atoms with Crippen molar-refractivity contribution in [2.45, 2.75) is 31.7 Å². The fraction of sp³-hybridized carbons (Fsp3) is 0.500. The summed E-state index contributed by atoms with van der Waals surface area (Å²) < 4.78 is 1.83. The van der Waals surface area contributed by atoms with Crippen LogP contribution in [0.5, 0.6) is 0 Å². The molecule has 1 saturated carbocycles. The SMILES string of the molecule is NC(CCC1CC1)c1cnn2ccncc12. The van der Waals surface area contributed by atoms with E-state index >= 15 is 0 Å². The number of nitrogens with zero attached hydrogens (tertiary/aromatic N) is 3. The van der Waals surface area contributed by atoms with E-state index in [1.54, 1.807) is 6.20 Å². The van der Waals surface area contributed by atoms with Crippen LogP contribution in [0.1, 0.15) is 37.3 Å². The molecule has 1 aliphatic rings. The molecule has 2 heterocycles. The second-order valence-corrected chi connectivity index (χ2v) is 4.63. The Morgan fingerprint density at radius 2 is 2.31 bits per heavy atom. The van der Waals surface area contributed by atoms with Crippen LogP contribution in [0, 0.1) is 5.92 Å². The molecule has 2 N–H and O–H groups in total. The lowest BCUT2D eigenvalue weighted by molar-refractivity contribution is 0.578. The van der Waals surface area contributed by atoms with Gasteiger partial charge in [-0.15, -0.1) is 0 Å². The van der Waals surface area contributed by atoms with Gasteiger partial charge in [0.15, 0.2) is 0 Å². The normalized spacial score (nSPS) is 17.8. The first-order valence-electron chi connectivity index (χ1n) is 5.87. The van der Waals surface area contributed by atoms with Gasteiger partial charge in [-0.3, -0.25) is 4.98 Å². The van der Waals surface area contributed by atoms with Crippen molar-refractivity contribution in [2.75, 3.05) is 0 Å². The zero-order valence-electron chi connectivity index (χ0n) is 9.21. The predicted octanol–water partition coefficient (Wildman–Crippen LogP) is 1.92. The molecule has 1 unspecified atom stereocenters. The molecule has 2 aromatic heterocycles. The standard InChI is InChI=1S/C12H16N4/c13-11(4-3-9-1-2-9)10-7-15-16-6-5-14-8-12(10)16/h5-9,11H,1-4,13H2. The Kier molecular flexibility index (Phi) is 2.36. The van der Waals surface area contributed by atoms with Gasteiger partial charge in [-0.05, 0) is 18.8 Å². The molecule has 1 atom stereocenters. The summed E-state index contributed by atoms with van der Waals surface area (Å²) >= 11 is 0. The molecule has 3 rings (SSSR count). The summed E-state index contributed by atoms with van der Waals surface area (Å²) in [5.74, 6) is 0.936. The Hall–Kier alpha value is -1.42. The topological polar surface area (TPSA) is 56.2 Å². The maximum Gasteiger partial charge on any atom is 0.0892 e. The van der Waals surface area contributed by atoms with Crippen molar-refractivity contribution < 1.29 is 0 Å². The first-order valence-corrected chi connectivity index (χ1v) is 5.87. The third kappa shape index (κ3) is 1.80. The van der Waals surface area contributed by atoms with E-state index in [1.165, 1.54) is 19.3 Å². The highest BCUT2D eigenvalue weighted by molar-refractivity contribution is 5.52. The lowest BCUT2D eigenvalue weighted by Crippen LogP contribution is -2.10. The first-order chi connectivity index (χ1) is 7.84. The van der Waals surface area contributed by atoms with Crippen LogP contribution < -0.4 is 5.73 Å². The highest BCUT2D eigenvalue weighted by atomic mass is 15.2. The van der Waals surface area contributed by atoms with Gasteiger partial charge >= 0.3 is 0 Å². The van der Waals surface area contributed by atoms with Crippen molar-refractivity contribution in [1.82, 2.24) is 14.6 Å². The molecule has 1 aliphatic carbocycles. The van der Waals surface area contributed by atoms with Crippen molar-refractivity contribution in [2.24, 2.45) is 11.7 Å². The van der Waals surface area contributed by atoms with E-state index in [-0.39, 0.29) is 6.04 Å². The monoisotopic (exact) mass is 216 g/mol. The van der Waals surface area contributed by atoms with E-state index in [1.807, 2.05) is 23.1 Å². The molecule has 0 amide bonds. The van der Waals surface area contributed by atoms with Crippen molar-refractivity contribution in [1.29, 1.82) is 0 Å². The zero-order chi connectivity index (χ0) is 11.0. The number of rotatable bonds is 4. The summed E-state index contributed by atoms with van der Waals surface area (Å²) in [6, 6.07) is 0.0994. The maximum atomic E-state index is 6.20. The molecule has 0 aromatic carbocycles. The Labute approximate surface area is 94.5 Å². The van der Waals surface area contributed by atoms with Crippen LogP contribution in [0.4, 0.5) is 0 Å². The largest absolute Gasteiger partial charge is 0.324 e. The van der Waals surface area contributed by atoms with Crippen LogP contribution in [0.3, 0.4) is 0 Å². The molecule has 2 aromatic rings. The van der Waals surface area contributed by atoms with E-state index in [4.69, 9.17) is 5.73 Å². The average Bonchev–Trinajstić information content (AvgIpc) is 3.04. The Morgan fingerprint density at radius 1 is 1.44 bits per heavy atom. The van der Waals surface area contributed by atoms with Crippen LogP contribution in [-0.2, 0) is 0 Å². The molecular weight excluding hydrogens is 200 g/mol. The van der Waals surface area contributed by atoms with Gasteiger partial charge in [0, 0.05) is 24.0 Å². The second kappa shape index (κ2) is 3.87. The van der Waals surface area contributed by atoms with Gasteiger partial charge in [0.2, 0.25) is 0 Å². The molecule has 0 aliphatic heterocycles. The molecule has 16 heavy (non-hydrogen) atoms. The smallest absolute Gasteiger partial charge is 0.0892 e. The zero-order valence-corrected chi connectivity index (χ0v) is 9.21. The molecule has 0 radical (unpaired) electrons. The molecule has 4 nitrogen and oxygen atoms in total. The Balaban J connectivity index is 1.80. The summed E-state index contributed by atoms with van der Waals surface area (Å²) in [5.41, 5.74) is 8.35. The molecule has 4 heteroatoms. The first kappa shape index (κ1) is 9.78. The van der Waals surface area contributed by atoms with E-state index in [0.717, 1.165) is 23.4 Å². The van der Waals surface area contributed by atoms with Crippen LogP contribution in [-0.4, -0.2) is 14.6 Å². The average molecular weight is 216 g/mol. The maximum absolute atomic E-state index is 6.20. The molecule has 84 valence electrons. The fourth-order valence-corrected chi connectivity index (χ4v) is 2.12. The minimum absolute atomic E-state index is 0.0994. The minimum Gasteiger partial charge on any atom is -0.324 e. The third-order valence-corrected chi connectivity index (χ3v) is 3.34. The van der Waals surface area contributed by atoms with Gasteiger partial charge in [-0.25, -0.2) is 4.52 Å². The van der Waals surface area contributed by atoms with E-state index in [2.05, 4.69) is 10.1 Å². The Morgan fingerprint density at radius 3 is 3.12 bits per heavy atom. The molecule has 0 spiro atoms. The summed E-state index contributed by atoms with van der Waals surface area (Å²) in [7, 11) is 0. The van der Waals surface area contributed by atoms with Gasteiger partial charge in [0.05, 0.1) is 17.9 Å². The lowest BCUT2D eigenvalue weighted by Gasteiger charge is -2.09. The van der Waals surface area contributed by atoms with Crippen molar-refractivity contribution >= 4 is 5.52 Å². The lowest BCUT2D eigenvalue weighted by atomic mass is 10.0. The molecule has 0 bridgehead atoms. The number of nitrogens with two attached hydrogens (primary N) is 1. The quantitative estimate of drug-likeness (QED) is 0.849. The van der Waals surface area contributed by atoms with Crippen molar-refractivity contribution in [3.63, 3.8) is 0 Å². The van der Waals surface area contributed by atoms with E-state index in [9.17, 15) is 0 Å². The van der Waals surface area contributed by atoms with Gasteiger partial charge < -0.3 is 5.73 Å². The van der Waals surface area contributed by atoms with Gasteiger partial charge in [0.1, 0.15) is 0 Å². The van der Waals surface area contributed by atoms with Gasteiger partial charge in [0.25, 0.3) is 0 Å². The summed E-state index contributed by atoms with van der Waals surface area (Å²) in [4.78, 5) is 4.12. The Bertz CT molecular complexity index is 486.